The van der Waals surface area contributed by atoms with Crippen molar-refractivity contribution >= 4 is 12.0 Å². The molecule has 2 aromatic carbocycles. The van der Waals surface area contributed by atoms with Gasteiger partial charge in [0, 0.05) is 12.5 Å². The van der Waals surface area contributed by atoms with E-state index in [2.05, 4.69) is 54.3 Å². The van der Waals surface area contributed by atoms with Crippen molar-refractivity contribution in [3.8, 4) is 5.75 Å². The minimum atomic E-state index is 0.147. The van der Waals surface area contributed by atoms with Gasteiger partial charge in [-0.05, 0) is 61.8 Å². The second kappa shape index (κ2) is 8.22. The third-order valence-corrected chi connectivity index (χ3v) is 6.39. The molecule has 2 aromatic rings. The molecule has 1 amide bonds. The Bertz CT molecular complexity index is 841. The fourth-order valence-electron chi connectivity index (χ4n) is 4.89. The van der Waals surface area contributed by atoms with E-state index in [1.165, 1.54) is 16.7 Å². The molecule has 0 unspecified atom stereocenters. The van der Waals surface area contributed by atoms with Crippen molar-refractivity contribution < 1.29 is 9.53 Å². The van der Waals surface area contributed by atoms with E-state index in [9.17, 15) is 4.79 Å². The molecule has 0 aromatic heterocycles. The van der Waals surface area contributed by atoms with Crippen LogP contribution in [-0.4, -0.2) is 24.0 Å². The van der Waals surface area contributed by atoms with Gasteiger partial charge in [0.05, 0.1) is 13.2 Å². The van der Waals surface area contributed by atoms with Gasteiger partial charge in [0.1, 0.15) is 5.75 Å². The topological polar surface area (TPSA) is 29.5 Å². The van der Waals surface area contributed by atoms with Crippen LogP contribution in [0.1, 0.15) is 56.2 Å². The molecule has 1 heterocycles. The van der Waals surface area contributed by atoms with Crippen molar-refractivity contribution in [1.29, 1.82) is 0 Å². The van der Waals surface area contributed by atoms with E-state index in [0.29, 0.717) is 24.3 Å². The lowest BCUT2D eigenvalue weighted by Gasteiger charge is -2.47. The van der Waals surface area contributed by atoms with Crippen LogP contribution in [-0.2, 0) is 4.79 Å². The number of ether oxygens (including phenoxy) is 1. The zero-order valence-corrected chi connectivity index (χ0v) is 16.8. The number of rotatable bonds is 4. The van der Waals surface area contributed by atoms with Crippen LogP contribution in [0.3, 0.4) is 0 Å². The number of hydrogen-bond acceptors (Lipinski definition) is 2. The second-order valence-electron chi connectivity index (χ2n) is 8.07. The Labute approximate surface area is 168 Å². The Balaban J connectivity index is 1.50. The molecular formula is C25H29NO2. The predicted octanol–water partition coefficient (Wildman–Crippen LogP) is 5.63. The molecule has 0 spiro atoms. The highest BCUT2D eigenvalue weighted by atomic mass is 16.5. The Hall–Kier alpha value is -2.55. The summed E-state index contributed by atoms with van der Waals surface area (Å²) in [5, 5.41) is 0. The maximum atomic E-state index is 12.8. The van der Waals surface area contributed by atoms with E-state index in [4.69, 9.17) is 4.74 Å². The monoisotopic (exact) mass is 375 g/mol. The molecule has 3 heteroatoms. The number of allylic oxidation sites excluding steroid dienone is 1. The summed E-state index contributed by atoms with van der Waals surface area (Å²) in [6.07, 6.45) is 7.25. The summed E-state index contributed by atoms with van der Waals surface area (Å²) in [4.78, 5) is 15.0. The van der Waals surface area contributed by atoms with Gasteiger partial charge in [-0.25, -0.2) is 0 Å². The summed E-state index contributed by atoms with van der Waals surface area (Å²) in [6.45, 7) is 2.18. The van der Waals surface area contributed by atoms with Crippen molar-refractivity contribution in [3.05, 3.63) is 71.3 Å². The van der Waals surface area contributed by atoms with E-state index in [1.807, 2.05) is 18.2 Å². The summed E-state index contributed by atoms with van der Waals surface area (Å²) in [6, 6.07) is 19.2. The van der Waals surface area contributed by atoms with Crippen LogP contribution in [0.2, 0.25) is 0 Å². The van der Waals surface area contributed by atoms with Crippen molar-refractivity contribution in [1.82, 2.24) is 4.90 Å². The van der Waals surface area contributed by atoms with Crippen molar-refractivity contribution in [2.45, 2.75) is 51.1 Å². The Morgan fingerprint density at radius 2 is 1.79 bits per heavy atom. The molecule has 2 aliphatic rings. The minimum absolute atomic E-state index is 0.147. The molecule has 4 rings (SSSR count). The Kier molecular flexibility index (Phi) is 5.52. The van der Waals surface area contributed by atoms with Gasteiger partial charge in [0.15, 0.2) is 0 Å². The molecule has 1 saturated heterocycles. The first-order valence-electron chi connectivity index (χ1n) is 10.4. The molecule has 28 heavy (non-hydrogen) atoms. The highest BCUT2D eigenvalue weighted by Gasteiger charge is 2.40. The van der Waals surface area contributed by atoms with Crippen molar-refractivity contribution in [3.63, 3.8) is 0 Å². The average Bonchev–Trinajstić information content (AvgIpc) is 2.74. The van der Waals surface area contributed by atoms with Crippen molar-refractivity contribution in [2.24, 2.45) is 5.92 Å². The maximum absolute atomic E-state index is 12.8. The SMILES string of the molecule is COc1ccc(/C=C2\CC[C@H]3[C@@H](CCC(=O)N3[C@@H](C)c3ccccc3)C2)cc1. The fraction of sp³-hybridized carbons (Fsp3) is 0.400. The molecule has 3 atom stereocenters. The van der Waals surface area contributed by atoms with Crippen LogP contribution in [0.5, 0.6) is 5.75 Å². The smallest absolute Gasteiger partial charge is 0.223 e. The maximum Gasteiger partial charge on any atom is 0.223 e. The summed E-state index contributed by atoms with van der Waals surface area (Å²) < 4.78 is 5.25. The number of hydrogen-bond donors (Lipinski definition) is 0. The van der Waals surface area contributed by atoms with Gasteiger partial charge in [-0.3, -0.25) is 4.79 Å². The molecule has 0 bridgehead atoms. The number of methoxy groups -OCH3 is 1. The van der Waals surface area contributed by atoms with E-state index in [1.54, 1.807) is 7.11 Å². The van der Waals surface area contributed by atoms with Gasteiger partial charge in [-0.2, -0.15) is 0 Å². The molecule has 1 aliphatic heterocycles. The number of amides is 1. The molecule has 2 fully saturated rings. The van der Waals surface area contributed by atoms with Gasteiger partial charge in [0.2, 0.25) is 5.91 Å². The quantitative estimate of drug-likeness (QED) is 0.693. The van der Waals surface area contributed by atoms with Crippen LogP contribution < -0.4 is 4.74 Å². The minimum Gasteiger partial charge on any atom is -0.497 e. The highest BCUT2D eigenvalue weighted by molar-refractivity contribution is 5.78. The first-order chi connectivity index (χ1) is 13.7. The Morgan fingerprint density at radius 3 is 2.50 bits per heavy atom. The van der Waals surface area contributed by atoms with Gasteiger partial charge in [-0.15, -0.1) is 0 Å². The molecule has 1 saturated carbocycles. The third kappa shape index (κ3) is 3.84. The lowest BCUT2D eigenvalue weighted by atomic mass is 9.74. The van der Waals surface area contributed by atoms with E-state index < -0.39 is 0 Å². The molecular weight excluding hydrogens is 346 g/mol. The summed E-state index contributed by atoms with van der Waals surface area (Å²) in [5.41, 5.74) is 3.97. The van der Waals surface area contributed by atoms with E-state index >= 15 is 0 Å². The van der Waals surface area contributed by atoms with E-state index in [-0.39, 0.29) is 6.04 Å². The highest BCUT2D eigenvalue weighted by Crippen LogP contribution is 2.42. The van der Waals surface area contributed by atoms with Gasteiger partial charge < -0.3 is 9.64 Å². The third-order valence-electron chi connectivity index (χ3n) is 6.39. The number of carbonyl (C=O) groups is 1. The molecule has 146 valence electrons. The number of nitrogens with zero attached hydrogens (tertiary/aromatic N) is 1. The number of carbonyl (C=O) groups excluding carboxylic acids is 1. The van der Waals surface area contributed by atoms with Crippen molar-refractivity contribution in [2.75, 3.05) is 7.11 Å². The first kappa shape index (κ1) is 18.8. The number of piperidine rings is 1. The van der Waals surface area contributed by atoms with Crippen LogP contribution in [0, 0.1) is 5.92 Å². The summed E-state index contributed by atoms with van der Waals surface area (Å²) in [5.74, 6) is 1.78. The van der Waals surface area contributed by atoms with Crippen LogP contribution >= 0.6 is 0 Å². The molecule has 0 N–H and O–H groups in total. The first-order valence-corrected chi connectivity index (χ1v) is 10.4. The lowest BCUT2D eigenvalue weighted by Crippen LogP contribution is -2.51. The Morgan fingerprint density at radius 1 is 1.04 bits per heavy atom. The number of benzene rings is 2. The van der Waals surface area contributed by atoms with Crippen LogP contribution in [0.15, 0.2) is 60.2 Å². The lowest BCUT2D eigenvalue weighted by molar-refractivity contribution is -0.142. The summed E-state index contributed by atoms with van der Waals surface area (Å²) in [7, 11) is 1.70. The zero-order valence-electron chi connectivity index (χ0n) is 16.8. The van der Waals surface area contributed by atoms with Crippen LogP contribution in [0.25, 0.3) is 6.08 Å². The molecule has 0 radical (unpaired) electrons. The molecule has 1 aliphatic carbocycles. The largest absolute Gasteiger partial charge is 0.497 e. The van der Waals surface area contributed by atoms with E-state index in [0.717, 1.165) is 31.4 Å². The summed E-state index contributed by atoms with van der Waals surface area (Å²) >= 11 is 0. The van der Waals surface area contributed by atoms with Gasteiger partial charge >= 0.3 is 0 Å². The van der Waals surface area contributed by atoms with Crippen LogP contribution in [0.4, 0.5) is 0 Å². The standard InChI is InChI=1S/C25H29NO2/c1-18(21-6-4-3-5-7-21)26-24-14-10-20(17-22(24)11-15-25(26)27)16-19-8-12-23(28-2)13-9-19/h3-9,12-13,16,18,22,24H,10-11,14-15,17H2,1-2H3/b20-16+/t18-,22-,24-/m0/s1. The fourth-order valence-corrected chi connectivity index (χ4v) is 4.89. The molecule has 3 nitrogen and oxygen atoms in total. The number of fused-ring (bicyclic) bond motifs is 1. The van der Waals surface area contributed by atoms with Gasteiger partial charge in [0.25, 0.3) is 0 Å². The normalized spacial score (nSPS) is 24.7. The number of likely N-dealkylation sites (tertiary alicyclic amines) is 1. The second-order valence-corrected chi connectivity index (χ2v) is 8.07. The zero-order chi connectivity index (χ0) is 19.5. The average molecular weight is 376 g/mol. The predicted molar refractivity (Wildman–Crippen MR) is 113 cm³/mol. The van der Waals surface area contributed by atoms with Gasteiger partial charge in [-0.1, -0.05) is 54.1 Å².